The summed E-state index contributed by atoms with van der Waals surface area (Å²) in [5.41, 5.74) is 6.73. The highest BCUT2D eigenvalue weighted by atomic mass is 32.1. The third kappa shape index (κ3) is 2.97. The summed E-state index contributed by atoms with van der Waals surface area (Å²) in [5, 5.41) is 6.16. The molecule has 8 nitrogen and oxygen atoms in total. The second kappa shape index (κ2) is 5.44. The van der Waals surface area contributed by atoms with Crippen LogP contribution >= 0.6 is 11.3 Å². The van der Waals surface area contributed by atoms with E-state index in [-0.39, 0.29) is 12.0 Å². The molecule has 0 radical (unpaired) electrons. The zero-order chi connectivity index (χ0) is 14.8. The SMILES string of the molecule is Cc1csc(C(C)Nc2nc(N)nc(-n3ccnc3)n2)n1. The zero-order valence-electron chi connectivity index (χ0n) is 11.6. The fourth-order valence-corrected chi connectivity index (χ4v) is 2.57. The largest absolute Gasteiger partial charge is 0.368 e. The molecule has 3 aromatic heterocycles. The van der Waals surface area contributed by atoms with Crippen molar-refractivity contribution in [3.63, 3.8) is 0 Å². The van der Waals surface area contributed by atoms with Crippen LogP contribution in [-0.2, 0) is 0 Å². The molecule has 3 heterocycles. The standard InChI is InChI=1S/C12H14N8S/c1-7-5-21-9(15-7)8(2)16-11-17-10(13)18-12(19-11)20-4-3-14-6-20/h3-6,8H,1-2H3,(H3,13,16,17,18,19). The lowest BCUT2D eigenvalue weighted by atomic mass is 10.3. The summed E-state index contributed by atoms with van der Waals surface area (Å²) in [7, 11) is 0. The number of anilines is 2. The number of hydrogen-bond donors (Lipinski definition) is 2. The monoisotopic (exact) mass is 302 g/mol. The molecule has 0 bridgehead atoms. The van der Waals surface area contributed by atoms with E-state index in [2.05, 4.69) is 30.2 Å². The van der Waals surface area contributed by atoms with Gasteiger partial charge < -0.3 is 11.1 Å². The highest BCUT2D eigenvalue weighted by Gasteiger charge is 2.12. The second-order valence-corrected chi connectivity index (χ2v) is 5.37. The van der Waals surface area contributed by atoms with Gasteiger partial charge in [0.2, 0.25) is 17.8 Å². The number of aromatic nitrogens is 6. The maximum atomic E-state index is 5.74. The van der Waals surface area contributed by atoms with Gasteiger partial charge in [-0.25, -0.2) is 9.97 Å². The van der Waals surface area contributed by atoms with Crippen molar-refractivity contribution in [3.05, 3.63) is 34.8 Å². The van der Waals surface area contributed by atoms with Gasteiger partial charge in [-0.3, -0.25) is 4.57 Å². The Labute approximate surface area is 125 Å². The van der Waals surface area contributed by atoms with Crippen LogP contribution < -0.4 is 11.1 Å². The predicted molar refractivity (Wildman–Crippen MR) is 80.3 cm³/mol. The van der Waals surface area contributed by atoms with Gasteiger partial charge >= 0.3 is 0 Å². The summed E-state index contributed by atoms with van der Waals surface area (Å²) in [4.78, 5) is 20.9. The summed E-state index contributed by atoms with van der Waals surface area (Å²) in [5.74, 6) is 0.982. The molecule has 3 N–H and O–H groups in total. The Morgan fingerprint density at radius 2 is 2.14 bits per heavy atom. The van der Waals surface area contributed by atoms with Crippen molar-refractivity contribution in [1.29, 1.82) is 0 Å². The van der Waals surface area contributed by atoms with Crippen LogP contribution in [0.25, 0.3) is 5.95 Å². The molecule has 9 heteroatoms. The number of rotatable bonds is 4. The van der Waals surface area contributed by atoms with Crippen LogP contribution in [0, 0.1) is 6.92 Å². The van der Waals surface area contributed by atoms with Crippen molar-refractivity contribution in [2.24, 2.45) is 0 Å². The zero-order valence-corrected chi connectivity index (χ0v) is 12.4. The Bertz CT molecular complexity index is 736. The van der Waals surface area contributed by atoms with Gasteiger partial charge in [-0.15, -0.1) is 11.3 Å². The molecule has 3 rings (SSSR count). The Kier molecular flexibility index (Phi) is 3.48. The molecule has 0 aromatic carbocycles. The minimum atomic E-state index is -0.0128. The van der Waals surface area contributed by atoms with Crippen molar-refractivity contribution in [3.8, 4) is 5.95 Å². The number of nitrogen functional groups attached to an aromatic ring is 1. The van der Waals surface area contributed by atoms with E-state index in [4.69, 9.17) is 5.73 Å². The van der Waals surface area contributed by atoms with Gasteiger partial charge in [0.05, 0.1) is 6.04 Å². The molecule has 3 aromatic rings. The van der Waals surface area contributed by atoms with Crippen molar-refractivity contribution < 1.29 is 0 Å². The first-order valence-corrected chi connectivity index (χ1v) is 7.18. The molecular formula is C12H14N8S. The van der Waals surface area contributed by atoms with Crippen LogP contribution in [-0.4, -0.2) is 29.5 Å². The van der Waals surface area contributed by atoms with E-state index in [0.717, 1.165) is 10.7 Å². The number of nitrogens with two attached hydrogens (primary N) is 1. The number of nitrogens with one attached hydrogen (secondary N) is 1. The fraction of sp³-hybridized carbons (Fsp3) is 0.250. The fourth-order valence-electron chi connectivity index (χ4n) is 1.76. The minimum absolute atomic E-state index is 0.0128. The molecule has 0 saturated carbocycles. The first-order chi connectivity index (χ1) is 10.1. The summed E-state index contributed by atoms with van der Waals surface area (Å²) in [6.07, 6.45) is 4.99. The molecule has 1 unspecified atom stereocenters. The molecule has 0 aliphatic rings. The van der Waals surface area contributed by atoms with E-state index in [1.54, 1.807) is 34.6 Å². The molecule has 0 amide bonds. The summed E-state index contributed by atoms with van der Waals surface area (Å²) < 4.78 is 1.67. The van der Waals surface area contributed by atoms with Crippen LogP contribution in [0.15, 0.2) is 24.1 Å². The van der Waals surface area contributed by atoms with Gasteiger partial charge in [-0.1, -0.05) is 0 Å². The van der Waals surface area contributed by atoms with E-state index in [1.165, 1.54) is 0 Å². The van der Waals surface area contributed by atoms with Gasteiger partial charge in [0, 0.05) is 23.5 Å². The lowest BCUT2D eigenvalue weighted by Crippen LogP contribution is -2.13. The Morgan fingerprint density at radius 3 is 2.81 bits per heavy atom. The topological polar surface area (TPSA) is 107 Å². The van der Waals surface area contributed by atoms with Gasteiger partial charge in [0.15, 0.2) is 0 Å². The summed E-state index contributed by atoms with van der Waals surface area (Å²) in [6.45, 7) is 3.96. The van der Waals surface area contributed by atoms with E-state index < -0.39 is 0 Å². The predicted octanol–water partition coefficient (Wildman–Crippen LogP) is 1.58. The van der Waals surface area contributed by atoms with Crippen molar-refractivity contribution in [2.75, 3.05) is 11.1 Å². The third-order valence-electron chi connectivity index (χ3n) is 2.73. The van der Waals surface area contributed by atoms with Crippen LogP contribution in [0.3, 0.4) is 0 Å². The molecule has 1 atom stereocenters. The number of imidazole rings is 1. The summed E-state index contributed by atoms with van der Waals surface area (Å²) >= 11 is 1.59. The maximum Gasteiger partial charge on any atom is 0.241 e. The lowest BCUT2D eigenvalue weighted by molar-refractivity contribution is 0.826. The lowest BCUT2D eigenvalue weighted by Gasteiger charge is -2.12. The van der Waals surface area contributed by atoms with Gasteiger partial charge in [0.25, 0.3) is 0 Å². The molecule has 0 fully saturated rings. The summed E-state index contributed by atoms with van der Waals surface area (Å²) in [6, 6.07) is -0.0128. The normalized spacial score (nSPS) is 12.3. The van der Waals surface area contributed by atoms with Gasteiger partial charge in [-0.05, 0) is 13.8 Å². The van der Waals surface area contributed by atoms with E-state index in [9.17, 15) is 0 Å². The van der Waals surface area contributed by atoms with Gasteiger partial charge in [-0.2, -0.15) is 15.0 Å². The average molecular weight is 302 g/mol. The van der Waals surface area contributed by atoms with Crippen molar-refractivity contribution in [2.45, 2.75) is 19.9 Å². The molecule has 0 aliphatic carbocycles. The number of hydrogen-bond acceptors (Lipinski definition) is 8. The quantitative estimate of drug-likeness (QED) is 0.753. The van der Waals surface area contributed by atoms with Crippen molar-refractivity contribution >= 4 is 23.2 Å². The molecule has 0 saturated heterocycles. The Hall–Kier alpha value is -2.55. The Balaban J connectivity index is 1.85. The van der Waals surface area contributed by atoms with E-state index >= 15 is 0 Å². The average Bonchev–Trinajstić information content (AvgIpc) is 3.08. The van der Waals surface area contributed by atoms with Crippen molar-refractivity contribution in [1.82, 2.24) is 29.5 Å². The van der Waals surface area contributed by atoms with E-state index in [1.807, 2.05) is 19.2 Å². The van der Waals surface area contributed by atoms with Gasteiger partial charge in [0.1, 0.15) is 11.3 Å². The molecular weight excluding hydrogens is 288 g/mol. The molecule has 21 heavy (non-hydrogen) atoms. The first kappa shape index (κ1) is 13.4. The second-order valence-electron chi connectivity index (χ2n) is 4.48. The van der Waals surface area contributed by atoms with Crippen LogP contribution in [0.4, 0.5) is 11.9 Å². The van der Waals surface area contributed by atoms with E-state index in [0.29, 0.717) is 11.9 Å². The molecule has 108 valence electrons. The third-order valence-corrected chi connectivity index (χ3v) is 3.87. The van der Waals surface area contributed by atoms with Crippen LogP contribution in [0.2, 0.25) is 0 Å². The first-order valence-electron chi connectivity index (χ1n) is 6.30. The number of thiazole rings is 1. The highest BCUT2D eigenvalue weighted by molar-refractivity contribution is 7.09. The maximum absolute atomic E-state index is 5.74. The van der Waals surface area contributed by atoms with Crippen LogP contribution in [0.5, 0.6) is 0 Å². The number of nitrogens with zero attached hydrogens (tertiary/aromatic N) is 6. The molecule has 0 aliphatic heterocycles. The number of aryl methyl sites for hydroxylation is 1. The Morgan fingerprint density at radius 1 is 1.29 bits per heavy atom. The smallest absolute Gasteiger partial charge is 0.241 e. The highest BCUT2D eigenvalue weighted by Crippen LogP contribution is 2.21. The van der Waals surface area contributed by atoms with Crippen LogP contribution in [0.1, 0.15) is 23.7 Å². The molecule has 0 spiro atoms. The minimum Gasteiger partial charge on any atom is -0.368 e.